The van der Waals surface area contributed by atoms with Gasteiger partial charge >= 0.3 is 0 Å². The van der Waals surface area contributed by atoms with Crippen molar-refractivity contribution in [2.24, 2.45) is 0 Å². The number of piperazine rings is 1. The smallest absolute Gasteiger partial charge is 0.0877 e. The van der Waals surface area contributed by atoms with E-state index < -0.39 is 0 Å². The summed E-state index contributed by atoms with van der Waals surface area (Å²) in [4.78, 5) is 5.04. The Balaban J connectivity index is 1.52. The van der Waals surface area contributed by atoms with Crippen molar-refractivity contribution in [3.05, 3.63) is 58.6 Å². The Kier molecular flexibility index (Phi) is 5.63. The fraction of sp³-hybridized carbons (Fsp3) is 0.400. The molecule has 0 aliphatic carbocycles. The van der Waals surface area contributed by atoms with Crippen molar-refractivity contribution >= 4 is 23.4 Å². The summed E-state index contributed by atoms with van der Waals surface area (Å²) in [5, 5.41) is 4.17. The van der Waals surface area contributed by atoms with Crippen LogP contribution in [0.2, 0.25) is 5.02 Å². The third-order valence-corrected chi connectivity index (χ3v) is 6.30. The molecule has 132 valence electrons. The van der Waals surface area contributed by atoms with Gasteiger partial charge in [-0.25, -0.2) is 0 Å². The molecule has 2 aromatic rings. The number of rotatable bonds is 4. The maximum Gasteiger partial charge on any atom is 0.0877 e. The van der Waals surface area contributed by atoms with E-state index in [4.69, 9.17) is 16.3 Å². The summed E-state index contributed by atoms with van der Waals surface area (Å²) in [7, 11) is 0. The molecule has 4 rings (SSSR count). The molecule has 3 nitrogen and oxygen atoms in total. The van der Waals surface area contributed by atoms with E-state index in [-0.39, 0.29) is 6.10 Å². The largest absolute Gasteiger partial charge is 0.372 e. The van der Waals surface area contributed by atoms with Crippen LogP contribution in [-0.2, 0) is 11.2 Å². The van der Waals surface area contributed by atoms with Crippen LogP contribution in [-0.4, -0.2) is 44.2 Å². The van der Waals surface area contributed by atoms with Crippen LogP contribution in [0.15, 0.2) is 52.3 Å². The van der Waals surface area contributed by atoms with Gasteiger partial charge in [0.2, 0.25) is 0 Å². The summed E-state index contributed by atoms with van der Waals surface area (Å²) in [5.74, 6) is 0. The first-order valence-corrected chi connectivity index (χ1v) is 10.1. The van der Waals surface area contributed by atoms with Crippen LogP contribution in [0.1, 0.15) is 17.2 Å². The van der Waals surface area contributed by atoms with Gasteiger partial charge in [0.05, 0.1) is 12.7 Å². The Bertz CT molecular complexity index is 733. The van der Waals surface area contributed by atoms with Gasteiger partial charge in [-0.15, -0.1) is 0 Å². The summed E-state index contributed by atoms with van der Waals surface area (Å²) >= 11 is 8.10. The standard InChI is InChI=1S/C20H23ClN2OS/c21-16-5-6-20-17(14-16)18(13-15-3-1-2-4-19(15)25-20)24-12-11-23-9-7-22-8-10-23/h1-6,14,18,22H,7-13H2. The number of benzene rings is 2. The lowest BCUT2D eigenvalue weighted by atomic mass is 10.0. The Hall–Kier alpha value is -1.04. The van der Waals surface area contributed by atoms with Gasteiger partial charge in [-0.05, 0) is 35.4 Å². The highest BCUT2D eigenvalue weighted by Gasteiger charge is 2.23. The highest BCUT2D eigenvalue weighted by atomic mass is 35.5. The van der Waals surface area contributed by atoms with Crippen molar-refractivity contribution in [2.75, 3.05) is 39.3 Å². The minimum absolute atomic E-state index is 0.0627. The lowest BCUT2D eigenvalue weighted by Crippen LogP contribution is -2.44. The lowest BCUT2D eigenvalue weighted by molar-refractivity contribution is 0.0334. The van der Waals surface area contributed by atoms with E-state index >= 15 is 0 Å². The Labute approximate surface area is 158 Å². The molecular weight excluding hydrogens is 352 g/mol. The van der Waals surface area contributed by atoms with Crippen LogP contribution < -0.4 is 5.32 Å². The Morgan fingerprint density at radius 2 is 1.96 bits per heavy atom. The second-order valence-electron chi connectivity index (χ2n) is 6.55. The monoisotopic (exact) mass is 374 g/mol. The average molecular weight is 375 g/mol. The maximum absolute atomic E-state index is 6.37. The zero-order chi connectivity index (χ0) is 17.1. The fourth-order valence-corrected chi connectivity index (χ4v) is 4.76. The van der Waals surface area contributed by atoms with Gasteiger partial charge in [-0.2, -0.15) is 0 Å². The number of halogens is 1. The predicted molar refractivity (Wildman–Crippen MR) is 104 cm³/mol. The van der Waals surface area contributed by atoms with Crippen molar-refractivity contribution in [3.8, 4) is 0 Å². The summed E-state index contributed by atoms with van der Waals surface area (Å²) in [5.41, 5.74) is 2.57. The fourth-order valence-electron chi connectivity index (χ4n) is 3.47. The third-order valence-electron chi connectivity index (χ3n) is 4.85. The topological polar surface area (TPSA) is 24.5 Å². The molecule has 25 heavy (non-hydrogen) atoms. The first-order valence-electron chi connectivity index (χ1n) is 8.89. The lowest BCUT2D eigenvalue weighted by Gasteiger charge is -2.28. The van der Waals surface area contributed by atoms with Gasteiger partial charge in [0.25, 0.3) is 0 Å². The predicted octanol–water partition coefficient (Wildman–Crippen LogP) is 4.01. The summed E-state index contributed by atoms with van der Waals surface area (Å²) < 4.78 is 6.37. The molecule has 1 atom stereocenters. The van der Waals surface area contributed by atoms with Crippen molar-refractivity contribution in [1.82, 2.24) is 10.2 Å². The van der Waals surface area contributed by atoms with Gasteiger partial charge < -0.3 is 10.1 Å². The zero-order valence-electron chi connectivity index (χ0n) is 14.2. The first-order chi connectivity index (χ1) is 12.3. The third kappa shape index (κ3) is 4.21. The molecule has 1 unspecified atom stereocenters. The molecule has 5 heteroatoms. The normalized spacial score (nSPS) is 20.6. The van der Waals surface area contributed by atoms with E-state index in [1.54, 1.807) is 0 Å². The SMILES string of the molecule is Clc1ccc2c(c1)C(OCCN1CCNCC1)Cc1ccccc1S2. The van der Waals surface area contributed by atoms with E-state index in [1.165, 1.54) is 20.9 Å². The molecule has 2 aliphatic heterocycles. The molecule has 0 amide bonds. The van der Waals surface area contributed by atoms with Gasteiger partial charge in [0, 0.05) is 54.0 Å². The Morgan fingerprint density at radius 1 is 1.12 bits per heavy atom. The van der Waals surface area contributed by atoms with Crippen LogP contribution in [0.3, 0.4) is 0 Å². The number of nitrogens with zero attached hydrogens (tertiary/aromatic N) is 1. The number of ether oxygens (including phenoxy) is 1. The van der Waals surface area contributed by atoms with E-state index in [1.807, 2.05) is 17.8 Å². The Morgan fingerprint density at radius 3 is 2.84 bits per heavy atom. The molecule has 0 spiro atoms. The number of hydrogen-bond donors (Lipinski definition) is 1. The van der Waals surface area contributed by atoms with E-state index in [0.29, 0.717) is 0 Å². The van der Waals surface area contributed by atoms with Crippen molar-refractivity contribution in [2.45, 2.75) is 22.3 Å². The van der Waals surface area contributed by atoms with Gasteiger partial charge in [-0.1, -0.05) is 41.6 Å². The van der Waals surface area contributed by atoms with Crippen LogP contribution in [0.25, 0.3) is 0 Å². The van der Waals surface area contributed by atoms with Crippen LogP contribution >= 0.6 is 23.4 Å². The molecular formula is C20H23ClN2OS. The number of hydrogen-bond acceptors (Lipinski definition) is 4. The van der Waals surface area contributed by atoms with Crippen molar-refractivity contribution in [3.63, 3.8) is 0 Å². The summed E-state index contributed by atoms with van der Waals surface area (Å²) in [6.07, 6.45) is 0.964. The minimum atomic E-state index is 0.0627. The van der Waals surface area contributed by atoms with Crippen LogP contribution in [0.5, 0.6) is 0 Å². The average Bonchev–Trinajstić information content (AvgIpc) is 2.79. The van der Waals surface area contributed by atoms with Gasteiger partial charge in [-0.3, -0.25) is 4.90 Å². The maximum atomic E-state index is 6.37. The van der Waals surface area contributed by atoms with Gasteiger partial charge in [0.1, 0.15) is 0 Å². The first kappa shape index (κ1) is 17.4. The zero-order valence-corrected chi connectivity index (χ0v) is 15.8. The molecule has 1 saturated heterocycles. The number of fused-ring (bicyclic) bond motifs is 2. The van der Waals surface area contributed by atoms with Gasteiger partial charge in [0.15, 0.2) is 0 Å². The summed E-state index contributed by atoms with van der Waals surface area (Å²) in [6.45, 7) is 6.11. The van der Waals surface area contributed by atoms with Crippen LogP contribution in [0, 0.1) is 0 Å². The number of nitrogens with one attached hydrogen (secondary N) is 1. The van der Waals surface area contributed by atoms with Crippen molar-refractivity contribution in [1.29, 1.82) is 0 Å². The van der Waals surface area contributed by atoms with Crippen LogP contribution in [0.4, 0.5) is 0 Å². The minimum Gasteiger partial charge on any atom is -0.372 e. The molecule has 2 heterocycles. The second kappa shape index (κ2) is 8.11. The molecule has 1 fully saturated rings. The molecule has 0 aromatic heterocycles. The molecule has 0 radical (unpaired) electrons. The van der Waals surface area contributed by atoms with E-state index in [9.17, 15) is 0 Å². The summed E-state index contributed by atoms with van der Waals surface area (Å²) in [6, 6.07) is 14.8. The van der Waals surface area contributed by atoms with E-state index in [0.717, 1.165) is 50.8 Å². The molecule has 0 bridgehead atoms. The molecule has 2 aliphatic rings. The molecule has 1 N–H and O–H groups in total. The quantitative estimate of drug-likeness (QED) is 0.873. The second-order valence-corrected chi connectivity index (χ2v) is 8.07. The highest BCUT2D eigenvalue weighted by Crippen LogP contribution is 2.42. The molecule has 2 aromatic carbocycles. The van der Waals surface area contributed by atoms with Crippen molar-refractivity contribution < 1.29 is 4.74 Å². The highest BCUT2D eigenvalue weighted by molar-refractivity contribution is 7.99. The molecule has 0 saturated carbocycles. The van der Waals surface area contributed by atoms with E-state index in [2.05, 4.69) is 46.6 Å².